The predicted molar refractivity (Wildman–Crippen MR) is 192 cm³/mol. The summed E-state index contributed by atoms with van der Waals surface area (Å²) in [7, 11) is 0. The lowest BCUT2D eigenvalue weighted by Gasteiger charge is -2.69. The van der Waals surface area contributed by atoms with Gasteiger partial charge in [-0.1, -0.05) is 89.7 Å². The van der Waals surface area contributed by atoms with Gasteiger partial charge in [0.1, 0.15) is 29.2 Å². The van der Waals surface area contributed by atoms with Crippen LogP contribution in [0.2, 0.25) is 0 Å². The first-order chi connectivity index (χ1) is 23.0. The first kappa shape index (κ1) is 39.0. The number of rotatable bonds is 11. The molecule has 0 aromatic heterocycles. The maximum atomic E-state index is 13.5. The molecule has 0 bridgehead atoms. The van der Waals surface area contributed by atoms with Crippen LogP contribution in [0.3, 0.4) is 0 Å². The SMILES string of the molecule is C=C(C)[C@H](OC(=O)C(C)C)[C@H](C[C@@H](C)[C@]12CC[C@@]3(C)[C@@]1(C[C@H](OC(=O)C(C)C)[C@H]1[C@@]4(C)CCC(=O)C(C)(C)[C@@H]4CC[C@@]13C)O2)OC(=O)C(C)C. The standard InChI is InChI=1S/C42H66O8/c1-23(2)32(49-36(46)26(7)8)28(47-34(44)24(3)4)21-27(9)41-20-19-40(14)39(13)18-15-30-37(10,11)31(43)16-17-38(30,12)33(39)29(22-42(40,41)50-41)48-35(45)25(5)6/h24-30,32-33H,1,15-22H2,2-14H3/t27-,28+,29+,30+,32+,33+,38+,39+,40-,41-,42-/m1/s1. The van der Waals surface area contributed by atoms with Gasteiger partial charge in [0.05, 0.1) is 17.8 Å². The van der Waals surface area contributed by atoms with Crippen LogP contribution in [0.1, 0.15) is 141 Å². The van der Waals surface area contributed by atoms with Crippen molar-refractivity contribution in [2.24, 2.45) is 57.2 Å². The van der Waals surface area contributed by atoms with Crippen LogP contribution in [0.25, 0.3) is 0 Å². The van der Waals surface area contributed by atoms with Crippen molar-refractivity contribution in [1.82, 2.24) is 0 Å². The molecule has 8 heteroatoms. The van der Waals surface area contributed by atoms with E-state index in [-0.39, 0.29) is 75.8 Å². The minimum Gasteiger partial charge on any atom is -0.462 e. The molecular formula is C42H66O8. The normalized spacial score (nSPS) is 40.2. The lowest BCUT2D eigenvalue weighted by Crippen LogP contribution is -2.69. The molecule has 5 aliphatic rings. The Bertz CT molecular complexity index is 1410. The van der Waals surface area contributed by atoms with Gasteiger partial charge in [0.15, 0.2) is 6.10 Å². The van der Waals surface area contributed by atoms with Crippen molar-refractivity contribution >= 4 is 23.7 Å². The van der Waals surface area contributed by atoms with Crippen LogP contribution in [-0.2, 0) is 38.1 Å². The average molecular weight is 699 g/mol. The van der Waals surface area contributed by atoms with Gasteiger partial charge in [-0.05, 0) is 73.7 Å². The number of epoxide rings is 1. The maximum Gasteiger partial charge on any atom is 0.309 e. The third-order valence-corrected chi connectivity index (χ3v) is 15.0. The largest absolute Gasteiger partial charge is 0.462 e. The zero-order chi connectivity index (χ0) is 37.6. The fraction of sp³-hybridized carbons (Fsp3) is 0.857. The second-order valence-electron chi connectivity index (χ2n) is 19.2. The van der Waals surface area contributed by atoms with Crippen LogP contribution < -0.4 is 0 Å². The van der Waals surface area contributed by atoms with Crippen LogP contribution in [0.4, 0.5) is 0 Å². The highest BCUT2D eigenvalue weighted by Gasteiger charge is 2.89. The summed E-state index contributed by atoms with van der Waals surface area (Å²) in [4.78, 5) is 52.8. The van der Waals surface area contributed by atoms with Gasteiger partial charge in [0.25, 0.3) is 0 Å². The molecular weight excluding hydrogens is 632 g/mol. The fourth-order valence-corrected chi connectivity index (χ4v) is 12.0. The second kappa shape index (κ2) is 12.7. The van der Waals surface area contributed by atoms with Crippen LogP contribution in [-0.4, -0.2) is 53.2 Å². The predicted octanol–water partition coefficient (Wildman–Crippen LogP) is 8.43. The van der Waals surface area contributed by atoms with E-state index in [1.807, 2.05) is 20.8 Å². The Morgan fingerprint density at radius 2 is 1.42 bits per heavy atom. The summed E-state index contributed by atoms with van der Waals surface area (Å²) in [6, 6.07) is 0. The molecule has 1 spiro atoms. The molecule has 0 aromatic rings. The van der Waals surface area contributed by atoms with E-state index in [4.69, 9.17) is 18.9 Å². The molecule has 4 saturated carbocycles. The van der Waals surface area contributed by atoms with E-state index in [9.17, 15) is 19.2 Å². The molecule has 50 heavy (non-hydrogen) atoms. The molecule has 11 atom stereocenters. The summed E-state index contributed by atoms with van der Waals surface area (Å²) in [6.07, 6.45) is 4.26. The first-order valence-electron chi connectivity index (χ1n) is 19.5. The number of Topliss-reactive ketones (excluding diaryl/α,β-unsaturated/α-hetero) is 1. The fourth-order valence-electron chi connectivity index (χ4n) is 12.0. The number of hydrogen-bond acceptors (Lipinski definition) is 8. The number of carbonyl (C=O) groups excluding carboxylic acids is 4. The Labute approximate surface area is 301 Å². The minimum absolute atomic E-state index is 0.0614. The topological polar surface area (TPSA) is 108 Å². The number of carbonyl (C=O) groups is 4. The van der Waals surface area contributed by atoms with Gasteiger partial charge in [-0.25, -0.2) is 0 Å². The van der Waals surface area contributed by atoms with Crippen LogP contribution in [0.5, 0.6) is 0 Å². The smallest absolute Gasteiger partial charge is 0.309 e. The van der Waals surface area contributed by atoms with Gasteiger partial charge in [-0.15, -0.1) is 0 Å². The number of ether oxygens (including phenoxy) is 4. The van der Waals surface area contributed by atoms with E-state index in [0.29, 0.717) is 30.6 Å². The monoisotopic (exact) mass is 698 g/mol. The Kier molecular flexibility index (Phi) is 9.92. The lowest BCUT2D eigenvalue weighted by molar-refractivity contribution is -0.249. The summed E-state index contributed by atoms with van der Waals surface area (Å²) in [5.41, 5.74) is -1.43. The van der Waals surface area contributed by atoms with Gasteiger partial charge in [0, 0.05) is 29.6 Å². The van der Waals surface area contributed by atoms with Gasteiger partial charge < -0.3 is 18.9 Å². The first-order valence-corrected chi connectivity index (χ1v) is 19.5. The van der Waals surface area contributed by atoms with Crippen molar-refractivity contribution in [2.45, 2.75) is 171 Å². The van der Waals surface area contributed by atoms with Gasteiger partial charge in [-0.3, -0.25) is 19.2 Å². The highest BCUT2D eigenvalue weighted by atomic mass is 16.6. The molecule has 5 fully saturated rings. The van der Waals surface area contributed by atoms with E-state index in [1.165, 1.54) is 0 Å². The van der Waals surface area contributed by atoms with E-state index >= 15 is 0 Å². The molecule has 1 heterocycles. The lowest BCUT2D eigenvalue weighted by atomic mass is 9.34. The molecule has 282 valence electrons. The molecule has 1 saturated heterocycles. The summed E-state index contributed by atoms with van der Waals surface area (Å²) < 4.78 is 25.9. The van der Waals surface area contributed by atoms with Crippen molar-refractivity contribution in [3.8, 4) is 0 Å². The van der Waals surface area contributed by atoms with Crippen molar-refractivity contribution in [2.75, 3.05) is 0 Å². The van der Waals surface area contributed by atoms with Crippen LogP contribution in [0, 0.1) is 57.2 Å². The van der Waals surface area contributed by atoms with Gasteiger partial charge in [-0.2, -0.15) is 0 Å². The molecule has 4 aliphatic carbocycles. The molecule has 1 aliphatic heterocycles. The zero-order valence-corrected chi connectivity index (χ0v) is 33.3. The Balaban J connectivity index is 1.54. The van der Waals surface area contributed by atoms with Gasteiger partial charge in [0.2, 0.25) is 0 Å². The highest BCUT2D eigenvalue weighted by Crippen LogP contribution is 2.84. The quantitative estimate of drug-likeness (QED) is 0.0916. The van der Waals surface area contributed by atoms with E-state index in [1.54, 1.807) is 27.7 Å². The Morgan fingerprint density at radius 3 is 1.98 bits per heavy atom. The summed E-state index contributed by atoms with van der Waals surface area (Å²) in [5, 5.41) is 0. The highest BCUT2D eigenvalue weighted by molar-refractivity contribution is 5.85. The summed E-state index contributed by atoms with van der Waals surface area (Å²) in [5.74, 6) is -1.28. The van der Waals surface area contributed by atoms with Crippen molar-refractivity contribution in [3.63, 3.8) is 0 Å². The molecule has 0 unspecified atom stereocenters. The van der Waals surface area contributed by atoms with E-state index in [2.05, 4.69) is 48.1 Å². The Hall–Kier alpha value is -2.22. The van der Waals surface area contributed by atoms with Crippen molar-refractivity contribution in [1.29, 1.82) is 0 Å². The molecule has 0 N–H and O–H groups in total. The molecule has 8 nitrogen and oxygen atoms in total. The third-order valence-electron chi connectivity index (χ3n) is 15.0. The van der Waals surface area contributed by atoms with Crippen molar-refractivity contribution in [3.05, 3.63) is 12.2 Å². The molecule has 5 rings (SSSR count). The zero-order valence-electron chi connectivity index (χ0n) is 33.3. The van der Waals surface area contributed by atoms with E-state index in [0.717, 1.165) is 32.1 Å². The summed E-state index contributed by atoms with van der Waals surface area (Å²) in [6.45, 7) is 30.6. The third kappa shape index (κ3) is 5.54. The Morgan fingerprint density at radius 1 is 0.840 bits per heavy atom. The van der Waals surface area contributed by atoms with Crippen LogP contribution in [0.15, 0.2) is 12.2 Å². The van der Waals surface area contributed by atoms with E-state index < -0.39 is 28.8 Å². The number of hydrogen-bond donors (Lipinski definition) is 0. The van der Waals surface area contributed by atoms with Gasteiger partial charge >= 0.3 is 17.9 Å². The number of esters is 3. The number of fused-ring (bicyclic) bond motifs is 4. The maximum absolute atomic E-state index is 13.5. The molecule has 0 amide bonds. The molecule has 0 radical (unpaired) electrons. The number of ketones is 1. The summed E-state index contributed by atoms with van der Waals surface area (Å²) >= 11 is 0. The second-order valence-corrected chi connectivity index (χ2v) is 19.2. The molecule has 0 aromatic carbocycles. The van der Waals surface area contributed by atoms with Crippen LogP contribution >= 0.6 is 0 Å². The average Bonchev–Trinajstić information content (AvgIpc) is 3.60. The van der Waals surface area contributed by atoms with Crippen molar-refractivity contribution < 1.29 is 38.1 Å². The minimum atomic E-state index is -0.783.